The summed E-state index contributed by atoms with van der Waals surface area (Å²) in [6, 6.07) is 12.8. The van der Waals surface area contributed by atoms with Gasteiger partial charge in [0.25, 0.3) is 5.91 Å². The number of anilines is 1. The zero-order valence-corrected chi connectivity index (χ0v) is 17.7. The fraction of sp³-hybridized carbons (Fsp3) is 0.391. The van der Waals surface area contributed by atoms with Crippen LogP contribution in [0.4, 0.5) is 5.69 Å². The van der Waals surface area contributed by atoms with Gasteiger partial charge in [-0.15, -0.1) is 0 Å². The van der Waals surface area contributed by atoms with Crippen molar-refractivity contribution in [3.8, 4) is 0 Å². The van der Waals surface area contributed by atoms with Gasteiger partial charge in [0, 0.05) is 36.3 Å². The Kier molecular flexibility index (Phi) is 5.88. The molecule has 1 aromatic heterocycles. The number of carbonyl (C=O) groups is 1. The predicted octanol–water partition coefficient (Wildman–Crippen LogP) is 4.75. The van der Waals surface area contributed by atoms with E-state index < -0.39 is 0 Å². The minimum absolute atomic E-state index is 0.156. The van der Waals surface area contributed by atoms with Gasteiger partial charge in [0.05, 0.1) is 11.0 Å². The summed E-state index contributed by atoms with van der Waals surface area (Å²) >= 11 is 5.90. The van der Waals surface area contributed by atoms with Crippen LogP contribution in [0.15, 0.2) is 42.5 Å². The standard InChI is InChI=1S/C23H27ClN4O/c1-16-9-12-28(13-10-16)14-11-22-26-20-15-19(7-8-21(20)27(22)2)25-23(29)17-3-5-18(24)6-4-17/h3-8,15-16H,9-14H2,1-2H3,(H,25,29). The highest BCUT2D eigenvalue weighted by molar-refractivity contribution is 6.30. The van der Waals surface area contributed by atoms with E-state index in [9.17, 15) is 4.79 Å². The molecule has 1 saturated heterocycles. The normalized spacial score (nSPS) is 15.7. The third kappa shape index (κ3) is 4.62. The number of rotatable bonds is 5. The topological polar surface area (TPSA) is 50.2 Å². The van der Waals surface area contributed by atoms with Crippen molar-refractivity contribution in [3.05, 3.63) is 58.9 Å². The van der Waals surface area contributed by atoms with Gasteiger partial charge in [-0.25, -0.2) is 4.98 Å². The van der Waals surface area contributed by atoms with Crippen molar-refractivity contribution in [1.29, 1.82) is 0 Å². The summed E-state index contributed by atoms with van der Waals surface area (Å²) in [5, 5.41) is 3.56. The lowest BCUT2D eigenvalue weighted by atomic mass is 9.99. The number of nitrogens with zero attached hydrogens (tertiary/aromatic N) is 3. The number of likely N-dealkylation sites (tertiary alicyclic amines) is 1. The minimum atomic E-state index is -0.156. The number of aryl methyl sites for hydroxylation is 1. The van der Waals surface area contributed by atoms with E-state index in [1.807, 2.05) is 18.2 Å². The van der Waals surface area contributed by atoms with Crippen molar-refractivity contribution in [3.63, 3.8) is 0 Å². The monoisotopic (exact) mass is 410 g/mol. The first-order chi connectivity index (χ1) is 14.0. The van der Waals surface area contributed by atoms with E-state index in [4.69, 9.17) is 16.6 Å². The first-order valence-corrected chi connectivity index (χ1v) is 10.6. The number of hydrogen-bond donors (Lipinski definition) is 1. The second kappa shape index (κ2) is 8.56. The molecule has 0 bridgehead atoms. The number of amides is 1. The zero-order valence-electron chi connectivity index (χ0n) is 17.0. The van der Waals surface area contributed by atoms with Crippen LogP contribution in [0.2, 0.25) is 5.02 Å². The Morgan fingerprint density at radius 3 is 2.62 bits per heavy atom. The van der Waals surface area contributed by atoms with E-state index in [0.717, 1.165) is 41.4 Å². The van der Waals surface area contributed by atoms with Gasteiger partial charge in [-0.05, 0) is 74.3 Å². The van der Waals surface area contributed by atoms with Gasteiger partial charge in [-0.3, -0.25) is 4.79 Å². The Balaban J connectivity index is 1.45. The highest BCUT2D eigenvalue weighted by Crippen LogP contribution is 2.22. The molecule has 0 radical (unpaired) electrons. The molecule has 0 atom stereocenters. The van der Waals surface area contributed by atoms with Gasteiger partial charge in [-0.1, -0.05) is 18.5 Å². The summed E-state index contributed by atoms with van der Waals surface area (Å²) in [4.78, 5) is 19.8. The van der Waals surface area contributed by atoms with Crippen LogP contribution >= 0.6 is 11.6 Å². The second-order valence-electron chi connectivity index (χ2n) is 8.03. The highest BCUT2D eigenvalue weighted by atomic mass is 35.5. The molecule has 3 aromatic rings. The lowest BCUT2D eigenvalue weighted by Gasteiger charge is -2.29. The molecule has 1 N–H and O–H groups in total. The molecule has 2 heterocycles. The van der Waals surface area contributed by atoms with Gasteiger partial charge >= 0.3 is 0 Å². The average Bonchev–Trinajstić information content (AvgIpc) is 3.03. The summed E-state index contributed by atoms with van der Waals surface area (Å²) in [5.74, 6) is 1.78. The molecule has 29 heavy (non-hydrogen) atoms. The van der Waals surface area contributed by atoms with Gasteiger partial charge in [0.2, 0.25) is 0 Å². The van der Waals surface area contributed by atoms with Crippen LogP contribution in [-0.2, 0) is 13.5 Å². The Bertz CT molecular complexity index is 1000. The molecule has 0 unspecified atom stereocenters. The molecule has 1 amide bonds. The molecule has 2 aromatic carbocycles. The molecule has 5 nitrogen and oxygen atoms in total. The minimum Gasteiger partial charge on any atom is -0.331 e. The first-order valence-electron chi connectivity index (χ1n) is 10.2. The van der Waals surface area contributed by atoms with Crippen molar-refractivity contribution in [1.82, 2.24) is 14.5 Å². The number of hydrogen-bond acceptors (Lipinski definition) is 3. The van der Waals surface area contributed by atoms with E-state index >= 15 is 0 Å². The van der Waals surface area contributed by atoms with Gasteiger partial charge in [-0.2, -0.15) is 0 Å². The third-order valence-electron chi connectivity index (χ3n) is 5.87. The molecule has 4 rings (SSSR count). The van der Waals surface area contributed by atoms with Crippen LogP contribution in [0.1, 0.15) is 35.9 Å². The first kappa shape index (κ1) is 19.9. The molecular weight excluding hydrogens is 384 g/mol. The second-order valence-corrected chi connectivity index (χ2v) is 8.46. The lowest BCUT2D eigenvalue weighted by Crippen LogP contribution is -2.34. The predicted molar refractivity (Wildman–Crippen MR) is 119 cm³/mol. The fourth-order valence-electron chi connectivity index (χ4n) is 3.90. The Hall–Kier alpha value is -2.37. The van der Waals surface area contributed by atoms with Gasteiger partial charge < -0.3 is 14.8 Å². The summed E-state index contributed by atoms with van der Waals surface area (Å²) in [7, 11) is 2.06. The number of nitrogens with one attached hydrogen (secondary N) is 1. The van der Waals surface area contributed by atoms with Gasteiger partial charge in [0.1, 0.15) is 5.82 Å². The summed E-state index contributed by atoms with van der Waals surface area (Å²) in [6.07, 6.45) is 3.52. The quantitative estimate of drug-likeness (QED) is 0.660. The molecule has 0 saturated carbocycles. The van der Waals surface area contributed by atoms with Crippen molar-refractivity contribution >= 4 is 34.2 Å². The summed E-state index contributed by atoms with van der Waals surface area (Å²) < 4.78 is 2.16. The molecule has 1 fully saturated rings. The van der Waals surface area contributed by atoms with E-state index in [2.05, 4.69) is 28.8 Å². The number of benzene rings is 2. The Labute approximate surface area is 176 Å². The lowest BCUT2D eigenvalue weighted by molar-refractivity contribution is 0.102. The van der Waals surface area contributed by atoms with E-state index in [1.165, 1.54) is 25.9 Å². The molecular formula is C23H27ClN4O. The maximum atomic E-state index is 12.4. The number of fused-ring (bicyclic) bond motifs is 1. The zero-order chi connectivity index (χ0) is 20.4. The molecule has 0 aliphatic carbocycles. The van der Waals surface area contributed by atoms with E-state index in [1.54, 1.807) is 24.3 Å². The fourth-order valence-corrected chi connectivity index (χ4v) is 4.03. The van der Waals surface area contributed by atoms with Crippen LogP contribution in [0.25, 0.3) is 11.0 Å². The van der Waals surface area contributed by atoms with Crippen LogP contribution < -0.4 is 5.32 Å². The number of aromatic nitrogens is 2. The van der Waals surface area contributed by atoms with Crippen molar-refractivity contribution in [2.75, 3.05) is 25.0 Å². The van der Waals surface area contributed by atoms with Crippen molar-refractivity contribution in [2.24, 2.45) is 13.0 Å². The smallest absolute Gasteiger partial charge is 0.255 e. The van der Waals surface area contributed by atoms with Gasteiger partial charge in [0.15, 0.2) is 0 Å². The molecule has 6 heteroatoms. The van der Waals surface area contributed by atoms with Crippen molar-refractivity contribution < 1.29 is 4.79 Å². The Morgan fingerprint density at radius 1 is 1.17 bits per heavy atom. The third-order valence-corrected chi connectivity index (χ3v) is 6.12. The number of carbonyl (C=O) groups excluding carboxylic acids is 1. The largest absolute Gasteiger partial charge is 0.331 e. The molecule has 1 aliphatic rings. The highest BCUT2D eigenvalue weighted by Gasteiger charge is 2.17. The molecule has 152 valence electrons. The van der Waals surface area contributed by atoms with Crippen molar-refractivity contribution in [2.45, 2.75) is 26.2 Å². The summed E-state index contributed by atoms with van der Waals surface area (Å²) in [6.45, 7) is 5.76. The molecule has 1 aliphatic heterocycles. The maximum Gasteiger partial charge on any atom is 0.255 e. The van der Waals surface area contributed by atoms with Crippen LogP contribution in [0.3, 0.4) is 0 Å². The van der Waals surface area contributed by atoms with Crippen LogP contribution in [0, 0.1) is 5.92 Å². The molecule has 0 spiro atoms. The summed E-state index contributed by atoms with van der Waals surface area (Å²) in [5.41, 5.74) is 3.31. The van der Waals surface area contributed by atoms with Crippen LogP contribution in [0.5, 0.6) is 0 Å². The maximum absolute atomic E-state index is 12.4. The van der Waals surface area contributed by atoms with E-state index in [-0.39, 0.29) is 5.91 Å². The number of imidazole rings is 1. The van der Waals surface area contributed by atoms with E-state index in [0.29, 0.717) is 10.6 Å². The number of halogens is 1. The SMILES string of the molecule is CC1CCN(CCc2nc3cc(NC(=O)c4ccc(Cl)cc4)ccc3n2C)CC1. The van der Waals surface area contributed by atoms with Crippen LogP contribution in [-0.4, -0.2) is 40.0 Å². The Morgan fingerprint density at radius 2 is 1.90 bits per heavy atom. The average molecular weight is 411 g/mol. The number of piperidine rings is 1.